The Bertz CT molecular complexity index is 1630. The van der Waals surface area contributed by atoms with Crippen molar-refractivity contribution < 1.29 is 18.7 Å². The molecular formula is C32H33FN4O3. The Balaban J connectivity index is 1.54. The summed E-state index contributed by atoms with van der Waals surface area (Å²) in [5.74, 6) is -0.823. The second kappa shape index (κ2) is 10.2. The van der Waals surface area contributed by atoms with Gasteiger partial charge in [-0.3, -0.25) is 9.69 Å². The van der Waals surface area contributed by atoms with Crippen LogP contribution in [-0.2, 0) is 17.8 Å². The highest BCUT2D eigenvalue weighted by atomic mass is 19.1. The van der Waals surface area contributed by atoms with Crippen LogP contribution in [0.3, 0.4) is 0 Å². The molecule has 40 heavy (non-hydrogen) atoms. The molecule has 0 spiro atoms. The molecule has 0 unspecified atom stereocenters. The fraction of sp³-hybridized carbons (Fsp3) is 0.344. The number of hydrogen-bond acceptors (Lipinski definition) is 5. The first-order valence-electron chi connectivity index (χ1n) is 13.8. The molecule has 1 saturated heterocycles. The number of hydrogen-bond donors (Lipinski definition) is 1. The Labute approximate surface area is 233 Å². The van der Waals surface area contributed by atoms with Gasteiger partial charge in [0.15, 0.2) is 0 Å². The second-order valence-electron chi connectivity index (χ2n) is 11.7. The number of piperidine rings is 1. The molecule has 0 bridgehead atoms. The Morgan fingerprint density at radius 2 is 1.85 bits per heavy atom. The van der Waals surface area contributed by atoms with E-state index < -0.39 is 17.6 Å². The van der Waals surface area contributed by atoms with Crippen LogP contribution in [0, 0.1) is 5.95 Å². The second-order valence-corrected chi connectivity index (χ2v) is 11.7. The summed E-state index contributed by atoms with van der Waals surface area (Å²) in [6.45, 7) is 8.81. The molecule has 7 nitrogen and oxygen atoms in total. The van der Waals surface area contributed by atoms with Crippen molar-refractivity contribution in [2.75, 3.05) is 13.1 Å². The van der Waals surface area contributed by atoms with Gasteiger partial charge in [0.2, 0.25) is 5.95 Å². The van der Waals surface area contributed by atoms with Gasteiger partial charge in [-0.25, -0.2) is 14.3 Å². The molecule has 2 aliphatic heterocycles. The lowest BCUT2D eigenvalue weighted by Gasteiger charge is -2.26. The highest BCUT2D eigenvalue weighted by Crippen LogP contribution is 2.38. The van der Waals surface area contributed by atoms with Crippen LogP contribution in [0.5, 0.6) is 0 Å². The number of carbonyl (C=O) groups is 2. The summed E-state index contributed by atoms with van der Waals surface area (Å²) in [5.41, 5.74) is 4.34. The van der Waals surface area contributed by atoms with Gasteiger partial charge in [-0.2, -0.15) is 4.39 Å². The highest BCUT2D eigenvalue weighted by molar-refractivity contribution is 6.07. The van der Waals surface area contributed by atoms with E-state index in [1.807, 2.05) is 39.0 Å². The number of pyridine rings is 1. The van der Waals surface area contributed by atoms with Crippen molar-refractivity contribution in [1.29, 1.82) is 0 Å². The third kappa shape index (κ3) is 4.99. The number of rotatable bonds is 4. The van der Waals surface area contributed by atoms with Crippen LogP contribution in [0.1, 0.15) is 61.5 Å². The van der Waals surface area contributed by atoms with E-state index in [1.54, 1.807) is 18.2 Å². The van der Waals surface area contributed by atoms with Gasteiger partial charge in [-0.1, -0.05) is 12.5 Å². The van der Waals surface area contributed by atoms with E-state index in [0.717, 1.165) is 36.1 Å². The first-order chi connectivity index (χ1) is 19.2. The van der Waals surface area contributed by atoms with E-state index >= 15 is 0 Å². The molecule has 4 aromatic rings. The number of benzene rings is 2. The topological polar surface area (TPSA) is 76.5 Å². The van der Waals surface area contributed by atoms with Gasteiger partial charge in [0.1, 0.15) is 5.60 Å². The van der Waals surface area contributed by atoms with Crippen molar-refractivity contribution in [3.8, 4) is 22.4 Å². The molecular weight excluding hydrogens is 507 g/mol. The van der Waals surface area contributed by atoms with Gasteiger partial charge < -0.3 is 10.1 Å². The van der Waals surface area contributed by atoms with Crippen molar-refractivity contribution in [3.05, 3.63) is 77.4 Å². The van der Waals surface area contributed by atoms with Gasteiger partial charge in [-0.05, 0) is 106 Å². The van der Waals surface area contributed by atoms with Crippen molar-refractivity contribution in [1.82, 2.24) is 19.8 Å². The molecule has 0 saturated carbocycles. The number of halogens is 1. The van der Waals surface area contributed by atoms with Gasteiger partial charge in [-0.15, -0.1) is 0 Å². The van der Waals surface area contributed by atoms with Gasteiger partial charge in [0.25, 0.3) is 5.91 Å². The Morgan fingerprint density at radius 3 is 2.60 bits per heavy atom. The number of amides is 1. The van der Waals surface area contributed by atoms with Crippen LogP contribution in [0.15, 0.2) is 54.7 Å². The summed E-state index contributed by atoms with van der Waals surface area (Å²) in [4.78, 5) is 33.0. The zero-order valence-electron chi connectivity index (χ0n) is 23.1. The summed E-state index contributed by atoms with van der Waals surface area (Å²) in [6.07, 6.45) is 4.56. The van der Waals surface area contributed by atoms with Gasteiger partial charge in [0.05, 0.1) is 16.8 Å². The fourth-order valence-electron chi connectivity index (χ4n) is 5.77. The Morgan fingerprint density at radius 1 is 1.05 bits per heavy atom. The van der Waals surface area contributed by atoms with Crippen LogP contribution < -0.4 is 5.32 Å². The lowest BCUT2D eigenvalue weighted by atomic mass is 9.94. The third-order valence-electron chi connectivity index (χ3n) is 7.53. The largest absolute Gasteiger partial charge is 0.443 e. The standard InChI is InChI=1S/C32H33FN4O3/c1-32(2,3)40-31(39)37-26-10-9-20(19-36-12-5-4-6-13-36)14-22(26)17-27(37)25-16-21(24-8-7-11-34-29(24)33)15-23-18-35-30(38)28(23)25/h7-11,14-17H,4-6,12-13,18-19H2,1-3H3,(H,35,38). The maximum absolute atomic E-state index is 14.8. The average Bonchev–Trinajstić information content (AvgIpc) is 3.48. The van der Waals surface area contributed by atoms with Crippen molar-refractivity contribution in [3.63, 3.8) is 0 Å². The summed E-state index contributed by atoms with van der Waals surface area (Å²) in [5, 5.41) is 3.76. The smallest absolute Gasteiger partial charge is 0.419 e. The van der Waals surface area contributed by atoms with E-state index in [4.69, 9.17) is 4.74 Å². The number of ether oxygens (including phenoxy) is 1. The molecule has 1 fully saturated rings. The number of nitrogens with zero attached hydrogens (tertiary/aromatic N) is 3. The minimum absolute atomic E-state index is 0.227. The van der Waals surface area contributed by atoms with E-state index in [2.05, 4.69) is 27.3 Å². The molecule has 0 atom stereocenters. The zero-order valence-corrected chi connectivity index (χ0v) is 23.1. The molecule has 0 radical (unpaired) electrons. The lowest BCUT2D eigenvalue weighted by Crippen LogP contribution is -2.29. The van der Waals surface area contributed by atoms with Crippen molar-refractivity contribution in [2.45, 2.75) is 58.7 Å². The molecule has 8 heteroatoms. The fourth-order valence-corrected chi connectivity index (χ4v) is 5.77. The van der Waals surface area contributed by atoms with E-state index in [0.29, 0.717) is 40.0 Å². The van der Waals surface area contributed by atoms with Crippen LogP contribution in [0.4, 0.5) is 9.18 Å². The minimum Gasteiger partial charge on any atom is -0.443 e. The predicted molar refractivity (Wildman–Crippen MR) is 152 cm³/mol. The SMILES string of the molecule is CC(C)(C)OC(=O)n1c(-c2cc(-c3cccnc3F)cc3c2C(=O)NC3)cc2cc(CN3CCCCC3)ccc21. The molecule has 2 aliphatic rings. The zero-order chi connectivity index (χ0) is 28.0. The summed E-state index contributed by atoms with van der Waals surface area (Å²) < 4.78 is 22.1. The highest BCUT2D eigenvalue weighted by Gasteiger charge is 2.30. The number of carbonyl (C=O) groups excluding carboxylic acids is 2. The Kier molecular flexibility index (Phi) is 6.66. The van der Waals surface area contributed by atoms with E-state index in [1.165, 1.54) is 30.0 Å². The molecule has 2 aromatic heterocycles. The maximum atomic E-state index is 14.8. The number of aromatic nitrogens is 2. The molecule has 0 aliphatic carbocycles. The molecule has 1 amide bonds. The lowest BCUT2D eigenvalue weighted by molar-refractivity contribution is 0.0547. The molecule has 206 valence electrons. The Hall–Kier alpha value is -4.04. The number of likely N-dealkylation sites (tertiary alicyclic amines) is 1. The molecule has 2 aromatic carbocycles. The van der Waals surface area contributed by atoms with Gasteiger partial charge >= 0.3 is 6.09 Å². The van der Waals surface area contributed by atoms with Crippen molar-refractivity contribution >= 4 is 22.9 Å². The number of nitrogens with one attached hydrogen (secondary N) is 1. The van der Waals surface area contributed by atoms with Gasteiger partial charge in [0, 0.05) is 35.8 Å². The first kappa shape index (κ1) is 26.2. The van der Waals surface area contributed by atoms with E-state index in [-0.39, 0.29) is 5.91 Å². The quantitative estimate of drug-likeness (QED) is 0.298. The summed E-state index contributed by atoms with van der Waals surface area (Å²) in [7, 11) is 0. The van der Waals surface area contributed by atoms with E-state index in [9.17, 15) is 14.0 Å². The summed E-state index contributed by atoms with van der Waals surface area (Å²) in [6, 6.07) is 15.0. The van der Waals surface area contributed by atoms with Crippen LogP contribution in [-0.4, -0.2) is 45.1 Å². The average molecular weight is 541 g/mol. The van der Waals surface area contributed by atoms with Crippen LogP contribution in [0.2, 0.25) is 0 Å². The normalized spacial score (nSPS) is 15.8. The molecule has 6 rings (SSSR count). The van der Waals surface area contributed by atoms with Crippen LogP contribution in [0.25, 0.3) is 33.3 Å². The first-order valence-corrected chi connectivity index (χ1v) is 13.8. The third-order valence-corrected chi connectivity index (χ3v) is 7.53. The van der Waals surface area contributed by atoms with Crippen molar-refractivity contribution in [2.24, 2.45) is 0 Å². The monoisotopic (exact) mass is 540 g/mol. The molecule has 1 N–H and O–H groups in total. The molecule has 4 heterocycles. The predicted octanol–water partition coefficient (Wildman–Crippen LogP) is 6.52. The number of fused-ring (bicyclic) bond motifs is 2. The minimum atomic E-state index is -0.723. The van der Waals surface area contributed by atoms with Crippen LogP contribution >= 0.6 is 0 Å². The summed E-state index contributed by atoms with van der Waals surface area (Å²) >= 11 is 0. The maximum Gasteiger partial charge on any atom is 0.419 e.